The SMILES string of the molecule is CCC[C@@H](CO)Nc1nc(N)nc2cn(Cc3c(OC)cc(CN(C)C)cc3OC)nc12. The number of nitrogens with zero attached hydrogens (tertiary/aromatic N) is 5. The van der Waals surface area contributed by atoms with Gasteiger partial charge in [0.05, 0.1) is 45.2 Å². The molecule has 0 fully saturated rings. The van der Waals surface area contributed by atoms with Crippen LogP contribution in [0.5, 0.6) is 11.5 Å². The number of aliphatic hydroxyl groups is 1. The van der Waals surface area contributed by atoms with Crippen molar-refractivity contribution in [3.63, 3.8) is 0 Å². The largest absolute Gasteiger partial charge is 0.496 e. The molecule has 1 atom stereocenters. The van der Waals surface area contributed by atoms with Gasteiger partial charge in [0.1, 0.15) is 17.0 Å². The molecule has 10 heteroatoms. The lowest BCUT2D eigenvalue weighted by atomic mass is 10.1. The van der Waals surface area contributed by atoms with Crippen LogP contribution in [0.1, 0.15) is 30.9 Å². The molecule has 0 unspecified atom stereocenters. The number of hydrogen-bond donors (Lipinski definition) is 3. The van der Waals surface area contributed by atoms with Crippen molar-refractivity contribution in [1.29, 1.82) is 0 Å². The molecule has 0 aliphatic carbocycles. The number of nitrogen functional groups attached to an aromatic ring is 1. The van der Waals surface area contributed by atoms with E-state index < -0.39 is 0 Å². The predicted octanol–water partition coefficient (Wildman–Crippen LogP) is 2.11. The number of anilines is 2. The number of aromatic nitrogens is 4. The van der Waals surface area contributed by atoms with Crippen molar-refractivity contribution >= 4 is 22.8 Å². The molecule has 10 nitrogen and oxygen atoms in total. The van der Waals surface area contributed by atoms with Gasteiger partial charge in [0.2, 0.25) is 5.95 Å². The number of benzene rings is 1. The monoisotopic (exact) mass is 443 g/mol. The van der Waals surface area contributed by atoms with Crippen LogP contribution in [0, 0.1) is 0 Å². The molecule has 3 aromatic rings. The summed E-state index contributed by atoms with van der Waals surface area (Å²) in [5, 5.41) is 17.6. The number of aliphatic hydroxyl groups excluding tert-OH is 1. The molecule has 0 bridgehead atoms. The number of rotatable bonds is 11. The van der Waals surface area contributed by atoms with Crippen LogP contribution in [0.4, 0.5) is 11.8 Å². The Labute approximate surface area is 188 Å². The van der Waals surface area contributed by atoms with Crippen molar-refractivity contribution in [2.24, 2.45) is 0 Å². The zero-order valence-corrected chi connectivity index (χ0v) is 19.4. The van der Waals surface area contributed by atoms with Gasteiger partial charge >= 0.3 is 0 Å². The lowest BCUT2D eigenvalue weighted by Gasteiger charge is -2.17. The Bertz CT molecular complexity index is 1030. The number of nitrogens with one attached hydrogen (secondary N) is 1. The maximum Gasteiger partial charge on any atom is 0.222 e. The minimum Gasteiger partial charge on any atom is -0.496 e. The van der Waals surface area contributed by atoms with Crippen LogP contribution >= 0.6 is 0 Å². The molecular formula is C22H33N7O3. The van der Waals surface area contributed by atoms with Crippen molar-refractivity contribution in [3.05, 3.63) is 29.5 Å². The van der Waals surface area contributed by atoms with Gasteiger partial charge in [-0.2, -0.15) is 10.1 Å². The first-order chi connectivity index (χ1) is 15.4. The third-order valence-electron chi connectivity index (χ3n) is 5.11. The smallest absolute Gasteiger partial charge is 0.222 e. The highest BCUT2D eigenvalue weighted by Crippen LogP contribution is 2.32. The summed E-state index contributed by atoms with van der Waals surface area (Å²) in [5.74, 6) is 2.12. The molecule has 2 aromatic heterocycles. The minimum absolute atomic E-state index is 0.00631. The van der Waals surface area contributed by atoms with Crippen molar-refractivity contribution in [3.8, 4) is 11.5 Å². The van der Waals surface area contributed by atoms with E-state index in [2.05, 4.69) is 27.1 Å². The van der Waals surface area contributed by atoms with Crippen LogP contribution in [0.15, 0.2) is 18.3 Å². The van der Waals surface area contributed by atoms with E-state index in [1.54, 1.807) is 18.9 Å². The first-order valence-corrected chi connectivity index (χ1v) is 10.6. The topological polar surface area (TPSA) is 124 Å². The van der Waals surface area contributed by atoms with Gasteiger partial charge in [-0.15, -0.1) is 0 Å². The first kappa shape index (κ1) is 23.6. The lowest BCUT2D eigenvalue weighted by molar-refractivity contribution is 0.268. The van der Waals surface area contributed by atoms with E-state index in [9.17, 15) is 5.11 Å². The second-order valence-electron chi connectivity index (χ2n) is 8.02. The van der Waals surface area contributed by atoms with E-state index in [1.165, 1.54) is 0 Å². The van der Waals surface area contributed by atoms with E-state index in [1.807, 2.05) is 32.4 Å². The summed E-state index contributed by atoms with van der Waals surface area (Å²) in [6.45, 7) is 3.25. The van der Waals surface area contributed by atoms with Crippen LogP contribution in [0.2, 0.25) is 0 Å². The summed E-state index contributed by atoms with van der Waals surface area (Å²) in [6.07, 6.45) is 3.55. The van der Waals surface area contributed by atoms with Crippen LogP contribution < -0.4 is 20.5 Å². The molecule has 0 radical (unpaired) electrons. The van der Waals surface area contributed by atoms with Gasteiger partial charge in [0, 0.05) is 6.54 Å². The second kappa shape index (κ2) is 10.5. The Morgan fingerprint density at radius 3 is 2.44 bits per heavy atom. The summed E-state index contributed by atoms with van der Waals surface area (Å²) >= 11 is 0. The zero-order valence-electron chi connectivity index (χ0n) is 19.4. The lowest BCUT2D eigenvalue weighted by Crippen LogP contribution is -2.24. The van der Waals surface area contributed by atoms with Crippen molar-refractivity contribution in [2.45, 2.75) is 38.9 Å². The van der Waals surface area contributed by atoms with Gasteiger partial charge < -0.3 is 30.5 Å². The van der Waals surface area contributed by atoms with Gasteiger partial charge in [0.25, 0.3) is 0 Å². The Hall–Kier alpha value is -3.11. The van der Waals surface area contributed by atoms with Crippen LogP contribution in [-0.2, 0) is 13.1 Å². The van der Waals surface area contributed by atoms with Gasteiger partial charge in [0.15, 0.2) is 11.3 Å². The Morgan fingerprint density at radius 2 is 1.88 bits per heavy atom. The predicted molar refractivity (Wildman–Crippen MR) is 125 cm³/mol. The third-order valence-corrected chi connectivity index (χ3v) is 5.11. The maximum atomic E-state index is 9.66. The first-order valence-electron chi connectivity index (χ1n) is 10.6. The van der Waals surface area contributed by atoms with Gasteiger partial charge in [-0.05, 0) is 38.2 Å². The minimum atomic E-state index is -0.132. The number of fused-ring (bicyclic) bond motifs is 1. The normalized spacial score (nSPS) is 12.3. The molecule has 0 aliphatic rings. The second-order valence-corrected chi connectivity index (χ2v) is 8.02. The summed E-state index contributed by atoms with van der Waals surface area (Å²) in [4.78, 5) is 10.7. The number of methoxy groups -OCH3 is 2. The highest BCUT2D eigenvalue weighted by Gasteiger charge is 2.18. The molecule has 0 saturated carbocycles. The van der Waals surface area contributed by atoms with E-state index >= 15 is 0 Å². The maximum absolute atomic E-state index is 9.66. The van der Waals surface area contributed by atoms with Crippen molar-refractivity contribution in [2.75, 3.05) is 46.0 Å². The van der Waals surface area contributed by atoms with Gasteiger partial charge in [-0.1, -0.05) is 13.3 Å². The summed E-state index contributed by atoms with van der Waals surface area (Å²) in [5.41, 5.74) is 9.10. The van der Waals surface area contributed by atoms with E-state index in [-0.39, 0.29) is 18.6 Å². The molecule has 0 amide bonds. The van der Waals surface area contributed by atoms with E-state index in [0.717, 1.165) is 42.0 Å². The molecule has 32 heavy (non-hydrogen) atoms. The van der Waals surface area contributed by atoms with Gasteiger partial charge in [-0.3, -0.25) is 4.68 Å². The Kier molecular flexibility index (Phi) is 7.70. The molecule has 0 saturated heterocycles. The summed E-state index contributed by atoms with van der Waals surface area (Å²) in [7, 11) is 7.33. The molecule has 3 rings (SSSR count). The molecule has 0 spiro atoms. The highest BCUT2D eigenvalue weighted by molar-refractivity contribution is 5.86. The van der Waals surface area contributed by atoms with Crippen molar-refractivity contribution < 1.29 is 14.6 Å². The highest BCUT2D eigenvalue weighted by atomic mass is 16.5. The third kappa shape index (κ3) is 5.38. The zero-order chi connectivity index (χ0) is 23.3. The van der Waals surface area contributed by atoms with E-state index in [4.69, 9.17) is 20.3 Å². The van der Waals surface area contributed by atoms with Crippen LogP contribution in [0.3, 0.4) is 0 Å². The Balaban J connectivity index is 1.98. The molecule has 4 N–H and O–H groups in total. The fraction of sp³-hybridized carbons (Fsp3) is 0.500. The van der Waals surface area contributed by atoms with E-state index in [0.29, 0.717) is 23.4 Å². The number of nitrogens with two attached hydrogens (primary N) is 1. The molecular weight excluding hydrogens is 410 g/mol. The van der Waals surface area contributed by atoms with Crippen LogP contribution in [-0.4, -0.2) is 70.7 Å². The number of ether oxygens (including phenoxy) is 2. The fourth-order valence-corrected chi connectivity index (χ4v) is 3.72. The van der Waals surface area contributed by atoms with Gasteiger partial charge in [-0.25, -0.2) is 4.98 Å². The molecule has 1 aromatic carbocycles. The molecule has 174 valence electrons. The standard InChI is InChI=1S/C22H33N7O3/c1-6-7-15(13-30)24-21-20-17(25-22(23)26-21)12-29(27-20)11-16-18(31-4)8-14(10-28(2)3)9-19(16)32-5/h8-9,12,15,30H,6-7,10-11,13H2,1-5H3,(H3,23,24,25,26)/t15-/m0/s1. The summed E-state index contributed by atoms with van der Waals surface area (Å²) in [6, 6.07) is 3.90. The molecule has 0 aliphatic heterocycles. The fourth-order valence-electron chi connectivity index (χ4n) is 3.72. The molecule has 2 heterocycles. The average molecular weight is 444 g/mol. The van der Waals surface area contributed by atoms with Crippen LogP contribution in [0.25, 0.3) is 11.0 Å². The number of hydrogen-bond acceptors (Lipinski definition) is 9. The Morgan fingerprint density at radius 1 is 1.19 bits per heavy atom. The quantitative estimate of drug-likeness (QED) is 0.409. The average Bonchev–Trinajstić information content (AvgIpc) is 3.16. The van der Waals surface area contributed by atoms with Crippen molar-refractivity contribution in [1.82, 2.24) is 24.6 Å². The summed E-state index contributed by atoms with van der Waals surface area (Å²) < 4.78 is 13.1.